The molecule has 0 aromatic carbocycles. The van der Waals surface area contributed by atoms with E-state index in [1.54, 1.807) is 11.3 Å². The van der Waals surface area contributed by atoms with Crippen LogP contribution in [0.5, 0.6) is 0 Å². The number of rotatable bonds is 2. The van der Waals surface area contributed by atoms with Crippen molar-refractivity contribution in [3.8, 4) is 10.8 Å². The van der Waals surface area contributed by atoms with Gasteiger partial charge in [-0.25, -0.2) is 0 Å². The second-order valence-electron chi connectivity index (χ2n) is 3.88. The molecule has 2 aromatic heterocycles. The molecule has 1 atom stereocenters. The predicted octanol–water partition coefficient (Wildman–Crippen LogP) is 2.96. The number of aromatic nitrogens is 2. The number of aryl methyl sites for hydroxylation is 1. The second kappa shape index (κ2) is 3.99. The Labute approximate surface area is 97.3 Å². The van der Waals surface area contributed by atoms with Gasteiger partial charge in [0.1, 0.15) is 6.10 Å². The van der Waals surface area contributed by atoms with Crippen LogP contribution in [0.1, 0.15) is 30.4 Å². The van der Waals surface area contributed by atoms with Gasteiger partial charge in [-0.15, -0.1) is 21.5 Å². The first-order valence-corrected chi connectivity index (χ1v) is 6.22. The minimum absolute atomic E-state index is 0.00141. The summed E-state index contributed by atoms with van der Waals surface area (Å²) in [7, 11) is 0. The maximum absolute atomic E-state index is 5.66. The fraction of sp³-hybridized carbons (Fsp3) is 0.455. The van der Waals surface area contributed by atoms with E-state index in [4.69, 9.17) is 9.15 Å². The van der Waals surface area contributed by atoms with Gasteiger partial charge in [-0.2, -0.15) is 0 Å². The second-order valence-corrected chi connectivity index (χ2v) is 4.80. The zero-order valence-electron chi connectivity index (χ0n) is 8.97. The van der Waals surface area contributed by atoms with E-state index >= 15 is 0 Å². The molecule has 0 bridgehead atoms. The monoisotopic (exact) mass is 236 g/mol. The van der Waals surface area contributed by atoms with Gasteiger partial charge >= 0.3 is 0 Å². The van der Waals surface area contributed by atoms with Crippen LogP contribution in [0.15, 0.2) is 15.9 Å². The maximum atomic E-state index is 5.66. The van der Waals surface area contributed by atoms with E-state index in [-0.39, 0.29) is 6.10 Å². The van der Waals surface area contributed by atoms with Gasteiger partial charge in [0.25, 0.3) is 5.89 Å². The van der Waals surface area contributed by atoms with Gasteiger partial charge in [0, 0.05) is 6.61 Å². The molecule has 0 amide bonds. The minimum atomic E-state index is 0.00141. The Balaban J connectivity index is 1.90. The Bertz CT molecular complexity index is 486. The highest BCUT2D eigenvalue weighted by Gasteiger charge is 2.24. The zero-order valence-corrected chi connectivity index (χ0v) is 9.79. The molecule has 2 aromatic rings. The number of ether oxygens (including phenoxy) is 1. The zero-order chi connectivity index (χ0) is 11.0. The standard InChI is InChI=1S/C11H12N2O2S/c1-7-4-6-16-9(7)11-13-12-10(15-11)8-3-2-5-14-8/h4,6,8H,2-3,5H2,1H3. The van der Waals surface area contributed by atoms with E-state index in [9.17, 15) is 0 Å². The van der Waals surface area contributed by atoms with Crippen LogP contribution in [0.3, 0.4) is 0 Å². The molecule has 5 heteroatoms. The summed E-state index contributed by atoms with van der Waals surface area (Å²) < 4.78 is 11.2. The molecule has 1 unspecified atom stereocenters. The molecule has 0 aliphatic carbocycles. The van der Waals surface area contributed by atoms with E-state index in [2.05, 4.69) is 16.3 Å². The quantitative estimate of drug-likeness (QED) is 0.804. The van der Waals surface area contributed by atoms with Gasteiger partial charge in [0.15, 0.2) is 0 Å². The summed E-state index contributed by atoms with van der Waals surface area (Å²) in [5.74, 6) is 1.22. The molecule has 0 radical (unpaired) electrons. The maximum Gasteiger partial charge on any atom is 0.258 e. The van der Waals surface area contributed by atoms with E-state index in [0.29, 0.717) is 11.8 Å². The van der Waals surface area contributed by atoms with Gasteiger partial charge in [0.05, 0.1) is 4.88 Å². The Morgan fingerprint density at radius 1 is 1.44 bits per heavy atom. The number of nitrogens with zero attached hydrogens (tertiary/aromatic N) is 2. The molecule has 0 saturated carbocycles. The Morgan fingerprint density at radius 3 is 3.06 bits per heavy atom. The smallest absolute Gasteiger partial charge is 0.258 e. The fourth-order valence-corrected chi connectivity index (χ4v) is 2.67. The number of hydrogen-bond acceptors (Lipinski definition) is 5. The molecule has 0 N–H and O–H groups in total. The van der Waals surface area contributed by atoms with E-state index in [1.165, 1.54) is 5.56 Å². The molecule has 1 saturated heterocycles. The average Bonchev–Trinajstić information content (AvgIpc) is 2.96. The third-order valence-electron chi connectivity index (χ3n) is 2.70. The molecule has 1 aliphatic heterocycles. The van der Waals surface area contributed by atoms with E-state index in [1.807, 2.05) is 12.3 Å². The Morgan fingerprint density at radius 2 is 2.38 bits per heavy atom. The molecule has 4 nitrogen and oxygen atoms in total. The lowest BCUT2D eigenvalue weighted by atomic mass is 10.2. The van der Waals surface area contributed by atoms with Gasteiger partial charge in [-0.1, -0.05) is 0 Å². The predicted molar refractivity (Wildman–Crippen MR) is 60.3 cm³/mol. The largest absolute Gasteiger partial charge is 0.417 e. The summed E-state index contributed by atoms with van der Waals surface area (Å²) in [6.07, 6.45) is 2.05. The lowest BCUT2D eigenvalue weighted by Gasteiger charge is -2.01. The average molecular weight is 236 g/mol. The van der Waals surface area contributed by atoms with Crippen molar-refractivity contribution in [2.24, 2.45) is 0 Å². The summed E-state index contributed by atoms with van der Waals surface area (Å²) in [5, 5.41) is 10.2. The van der Waals surface area contributed by atoms with Crippen LogP contribution in [0.4, 0.5) is 0 Å². The van der Waals surface area contributed by atoms with Gasteiger partial charge < -0.3 is 9.15 Å². The van der Waals surface area contributed by atoms with Crippen molar-refractivity contribution in [1.82, 2.24) is 10.2 Å². The lowest BCUT2D eigenvalue weighted by molar-refractivity contribution is 0.0896. The van der Waals surface area contributed by atoms with Crippen LogP contribution < -0.4 is 0 Å². The Hall–Kier alpha value is -1.20. The van der Waals surface area contributed by atoms with Crippen molar-refractivity contribution in [3.63, 3.8) is 0 Å². The highest BCUT2D eigenvalue weighted by molar-refractivity contribution is 7.13. The molecular formula is C11H12N2O2S. The van der Waals surface area contributed by atoms with Crippen LogP contribution in [-0.4, -0.2) is 16.8 Å². The topological polar surface area (TPSA) is 48.2 Å². The highest BCUT2D eigenvalue weighted by Crippen LogP contribution is 2.32. The fourth-order valence-electron chi connectivity index (χ4n) is 1.82. The van der Waals surface area contributed by atoms with Gasteiger partial charge in [-0.05, 0) is 36.8 Å². The summed E-state index contributed by atoms with van der Waals surface area (Å²) in [6.45, 7) is 2.84. The van der Waals surface area contributed by atoms with Crippen molar-refractivity contribution in [1.29, 1.82) is 0 Å². The number of hydrogen-bond donors (Lipinski definition) is 0. The molecule has 16 heavy (non-hydrogen) atoms. The molecule has 3 heterocycles. The van der Waals surface area contributed by atoms with Crippen molar-refractivity contribution >= 4 is 11.3 Å². The molecule has 84 valence electrons. The summed E-state index contributed by atoms with van der Waals surface area (Å²) in [4.78, 5) is 1.05. The van der Waals surface area contributed by atoms with Crippen molar-refractivity contribution in [2.75, 3.05) is 6.61 Å². The molecule has 1 aliphatic rings. The summed E-state index contributed by atoms with van der Waals surface area (Å²) >= 11 is 1.62. The molecule has 0 spiro atoms. The molecule has 1 fully saturated rings. The first-order chi connectivity index (χ1) is 7.84. The van der Waals surface area contributed by atoms with Crippen molar-refractivity contribution in [2.45, 2.75) is 25.9 Å². The van der Waals surface area contributed by atoms with Crippen LogP contribution in [0.2, 0.25) is 0 Å². The molecular weight excluding hydrogens is 224 g/mol. The third-order valence-corrected chi connectivity index (χ3v) is 3.71. The summed E-state index contributed by atoms with van der Waals surface area (Å²) in [5.41, 5.74) is 1.17. The normalized spacial score (nSPS) is 20.4. The minimum Gasteiger partial charge on any atom is -0.417 e. The molecule has 3 rings (SSSR count). The first-order valence-electron chi connectivity index (χ1n) is 5.34. The third kappa shape index (κ3) is 1.66. The number of thiophene rings is 1. The van der Waals surface area contributed by atoms with Crippen molar-refractivity contribution in [3.05, 3.63) is 22.9 Å². The SMILES string of the molecule is Cc1ccsc1-c1nnc(C2CCCO2)o1. The first kappa shape index (κ1) is 9.99. The van der Waals surface area contributed by atoms with E-state index < -0.39 is 0 Å². The van der Waals surface area contributed by atoms with Crippen LogP contribution >= 0.6 is 11.3 Å². The summed E-state index contributed by atoms with van der Waals surface area (Å²) in [6, 6.07) is 2.05. The van der Waals surface area contributed by atoms with Crippen molar-refractivity contribution < 1.29 is 9.15 Å². The lowest BCUT2D eigenvalue weighted by Crippen LogP contribution is -1.95. The Kier molecular flexibility index (Phi) is 2.49. The van der Waals surface area contributed by atoms with E-state index in [0.717, 1.165) is 24.3 Å². The van der Waals surface area contributed by atoms with Gasteiger partial charge in [0.2, 0.25) is 5.89 Å². The van der Waals surface area contributed by atoms with Crippen LogP contribution in [0.25, 0.3) is 10.8 Å². The van der Waals surface area contributed by atoms with Crippen LogP contribution in [-0.2, 0) is 4.74 Å². The van der Waals surface area contributed by atoms with Gasteiger partial charge in [-0.3, -0.25) is 0 Å². The van der Waals surface area contributed by atoms with Crippen LogP contribution in [0, 0.1) is 6.92 Å². The highest BCUT2D eigenvalue weighted by atomic mass is 32.1.